The van der Waals surface area contributed by atoms with Crippen LogP contribution < -0.4 is 10.6 Å². The maximum atomic E-state index is 12.3. The number of nitrogens with zero attached hydrogens (tertiary/aromatic N) is 1. The number of carbonyl (C=O) groups is 1. The Labute approximate surface area is 108 Å². The van der Waals surface area contributed by atoms with Crippen molar-refractivity contribution in [3.63, 3.8) is 0 Å². The van der Waals surface area contributed by atoms with Crippen molar-refractivity contribution in [2.45, 2.75) is 38.6 Å². The second kappa shape index (κ2) is 5.85. The van der Waals surface area contributed by atoms with E-state index in [0.717, 1.165) is 12.1 Å². The molecule has 1 heterocycles. The predicted molar refractivity (Wildman–Crippen MR) is 72.7 cm³/mol. The maximum Gasteiger partial charge on any atom is 0.253 e. The van der Waals surface area contributed by atoms with Crippen LogP contribution >= 0.6 is 0 Å². The quantitative estimate of drug-likeness (QED) is 0.862. The summed E-state index contributed by atoms with van der Waals surface area (Å²) in [6, 6.07) is 2.07. The lowest BCUT2D eigenvalue weighted by atomic mass is 9.86. The summed E-state index contributed by atoms with van der Waals surface area (Å²) in [6.07, 6.45) is 8.13. The minimum Gasteiger partial charge on any atom is -0.386 e. The largest absolute Gasteiger partial charge is 0.386 e. The molecule has 0 aromatic carbocycles. The van der Waals surface area contributed by atoms with E-state index in [2.05, 4.69) is 22.5 Å². The Kier molecular flexibility index (Phi) is 4.18. The Balaban J connectivity index is 2.07. The smallest absolute Gasteiger partial charge is 0.253 e. The van der Waals surface area contributed by atoms with Crippen LogP contribution in [0.1, 0.15) is 43.0 Å². The van der Waals surface area contributed by atoms with Crippen molar-refractivity contribution in [1.82, 2.24) is 10.3 Å². The van der Waals surface area contributed by atoms with Gasteiger partial charge in [-0.1, -0.05) is 19.8 Å². The standard InChI is InChI=1S/C14H21N3O/c1-10-5-3-4-6-12(10)17-14(18)11-7-8-16-9-13(11)15-2/h7-10,12,15H,3-6H2,1-2H3,(H,17,18). The first kappa shape index (κ1) is 12.9. The van der Waals surface area contributed by atoms with Gasteiger partial charge >= 0.3 is 0 Å². The number of aromatic nitrogens is 1. The van der Waals surface area contributed by atoms with E-state index in [4.69, 9.17) is 0 Å². The van der Waals surface area contributed by atoms with Crippen molar-refractivity contribution < 1.29 is 4.79 Å². The van der Waals surface area contributed by atoms with Gasteiger partial charge in [-0.15, -0.1) is 0 Å². The van der Waals surface area contributed by atoms with Gasteiger partial charge in [-0.2, -0.15) is 0 Å². The molecule has 18 heavy (non-hydrogen) atoms. The van der Waals surface area contributed by atoms with Crippen LogP contribution in [0.5, 0.6) is 0 Å². The average molecular weight is 247 g/mol. The fourth-order valence-corrected chi connectivity index (χ4v) is 2.57. The van der Waals surface area contributed by atoms with Crippen molar-refractivity contribution in [3.8, 4) is 0 Å². The molecule has 2 unspecified atom stereocenters. The summed E-state index contributed by atoms with van der Waals surface area (Å²) in [5, 5.41) is 6.15. The third-order valence-electron chi connectivity index (χ3n) is 3.76. The Morgan fingerprint density at radius 1 is 1.39 bits per heavy atom. The van der Waals surface area contributed by atoms with E-state index < -0.39 is 0 Å². The van der Waals surface area contributed by atoms with Crippen molar-refractivity contribution in [1.29, 1.82) is 0 Å². The third kappa shape index (κ3) is 2.81. The molecular weight excluding hydrogens is 226 g/mol. The number of rotatable bonds is 3. The Morgan fingerprint density at radius 3 is 2.89 bits per heavy atom. The summed E-state index contributed by atoms with van der Waals surface area (Å²) < 4.78 is 0. The molecule has 1 saturated carbocycles. The van der Waals surface area contributed by atoms with Gasteiger partial charge in [0.1, 0.15) is 0 Å². The molecule has 1 amide bonds. The molecule has 2 rings (SSSR count). The molecule has 4 nitrogen and oxygen atoms in total. The van der Waals surface area contributed by atoms with Gasteiger partial charge in [-0.3, -0.25) is 9.78 Å². The summed E-state index contributed by atoms with van der Waals surface area (Å²) in [4.78, 5) is 16.3. The van der Waals surface area contributed by atoms with Gasteiger partial charge in [0, 0.05) is 19.3 Å². The van der Waals surface area contributed by atoms with Crippen molar-refractivity contribution in [3.05, 3.63) is 24.0 Å². The number of hydrogen-bond donors (Lipinski definition) is 2. The molecule has 98 valence electrons. The molecule has 1 aromatic heterocycles. The third-order valence-corrected chi connectivity index (χ3v) is 3.76. The van der Waals surface area contributed by atoms with Crippen LogP contribution in [-0.2, 0) is 0 Å². The first-order valence-corrected chi connectivity index (χ1v) is 6.65. The number of carbonyl (C=O) groups excluding carboxylic acids is 1. The predicted octanol–water partition coefficient (Wildman–Crippen LogP) is 2.43. The molecule has 0 radical (unpaired) electrons. The Hall–Kier alpha value is -1.58. The van der Waals surface area contributed by atoms with Crippen molar-refractivity contribution in [2.75, 3.05) is 12.4 Å². The lowest BCUT2D eigenvalue weighted by molar-refractivity contribution is 0.0911. The number of hydrogen-bond acceptors (Lipinski definition) is 3. The molecular formula is C14H21N3O. The minimum absolute atomic E-state index is 0.000463. The summed E-state index contributed by atoms with van der Waals surface area (Å²) in [6.45, 7) is 2.22. The molecule has 2 atom stereocenters. The monoisotopic (exact) mass is 247 g/mol. The first-order valence-electron chi connectivity index (χ1n) is 6.65. The summed E-state index contributed by atoms with van der Waals surface area (Å²) in [5.74, 6) is 0.572. The lowest BCUT2D eigenvalue weighted by Gasteiger charge is -2.29. The Bertz CT molecular complexity index is 419. The SMILES string of the molecule is CNc1cnccc1C(=O)NC1CCCCC1C. The van der Waals surface area contributed by atoms with E-state index in [1.165, 1.54) is 19.3 Å². The van der Waals surface area contributed by atoms with E-state index in [0.29, 0.717) is 17.5 Å². The highest BCUT2D eigenvalue weighted by Gasteiger charge is 2.23. The number of nitrogens with one attached hydrogen (secondary N) is 2. The van der Waals surface area contributed by atoms with E-state index >= 15 is 0 Å². The number of pyridine rings is 1. The van der Waals surface area contributed by atoms with Crippen LogP contribution in [0.2, 0.25) is 0 Å². The normalized spacial score (nSPS) is 23.4. The van der Waals surface area contributed by atoms with Crippen LogP contribution in [0.25, 0.3) is 0 Å². The topological polar surface area (TPSA) is 54.0 Å². The van der Waals surface area contributed by atoms with Crippen molar-refractivity contribution >= 4 is 11.6 Å². The zero-order chi connectivity index (χ0) is 13.0. The van der Waals surface area contributed by atoms with Gasteiger partial charge in [0.15, 0.2) is 0 Å². The first-order chi connectivity index (χ1) is 8.72. The number of amides is 1. The van der Waals surface area contributed by atoms with Crippen LogP contribution in [0.4, 0.5) is 5.69 Å². The van der Waals surface area contributed by atoms with Gasteiger partial charge in [-0.05, 0) is 24.8 Å². The molecule has 1 aromatic rings. The van der Waals surface area contributed by atoms with Gasteiger partial charge in [0.25, 0.3) is 5.91 Å². The molecule has 2 N–H and O–H groups in total. The highest BCUT2D eigenvalue weighted by atomic mass is 16.1. The molecule has 0 saturated heterocycles. The summed E-state index contributed by atoms with van der Waals surface area (Å²) in [5.41, 5.74) is 1.45. The van der Waals surface area contributed by atoms with E-state index in [9.17, 15) is 4.79 Å². The second-order valence-corrected chi connectivity index (χ2v) is 5.01. The molecule has 0 bridgehead atoms. The van der Waals surface area contributed by atoms with Gasteiger partial charge in [-0.25, -0.2) is 0 Å². The summed E-state index contributed by atoms with van der Waals surface area (Å²) in [7, 11) is 1.80. The fraction of sp³-hybridized carbons (Fsp3) is 0.571. The van der Waals surface area contributed by atoms with Crippen LogP contribution in [-0.4, -0.2) is 24.0 Å². The van der Waals surface area contributed by atoms with E-state index in [1.54, 1.807) is 25.5 Å². The van der Waals surface area contributed by atoms with Gasteiger partial charge in [0.2, 0.25) is 0 Å². The minimum atomic E-state index is 0.000463. The van der Waals surface area contributed by atoms with Crippen LogP contribution in [0.3, 0.4) is 0 Å². The molecule has 1 aliphatic carbocycles. The van der Waals surface area contributed by atoms with Crippen LogP contribution in [0, 0.1) is 5.92 Å². The zero-order valence-electron chi connectivity index (χ0n) is 11.1. The number of anilines is 1. The second-order valence-electron chi connectivity index (χ2n) is 5.01. The van der Waals surface area contributed by atoms with Gasteiger partial charge < -0.3 is 10.6 Å². The van der Waals surface area contributed by atoms with Crippen molar-refractivity contribution in [2.24, 2.45) is 5.92 Å². The fourth-order valence-electron chi connectivity index (χ4n) is 2.57. The maximum absolute atomic E-state index is 12.3. The molecule has 4 heteroatoms. The average Bonchev–Trinajstić information content (AvgIpc) is 2.41. The highest BCUT2D eigenvalue weighted by Crippen LogP contribution is 2.24. The molecule has 0 spiro atoms. The highest BCUT2D eigenvalue weighted by molar-refractivity contribution is 5.99. The van der Waals surface area contributed by atoms with E-state index in [-0.39, 0.29) is 5.91 Å². The van der Waals surface area contributed by atoms with Gasteiger partial charge in [0.05, 0.1) is 17.4 Å². The zero-order valence-corrected chi connectivity index (χ0v) is 11.1. The van der Waals surface area contributed by atoms with Crippen LogP contribution in [0.15, 0.2) is 18.5 Å². The molecule has 1 fully saturated rings. The molecule has 0 aliphatic heterocycles. The molecule has 1 aliphatic rings. The summed E-state index contributed by atoms with van der Waals surface area (Å²) >= 11 is 0. The lowest BCUT2D eigenvalue weighted by Crippen LogP contribution is -2.41. The Morgan fingerprint density at radius 2 is 2.17 bits per heavy atom. The van der Waals surface area contributed by atoms with E-state index in [1.807, 2.05) is 0 Å².